The molecule has 0 unspecified atom stereocenters. The predicted octanol–water partition coefficient (Wildman–Crippen LogP) is 1.50. The third-order valence-corrected chi connectivity index (χ3v) is 4.18. The van der Waals surface area contributed by atoms with Crippen LogP contribution in [0, 0.1) is 0 Å². The van der Waals surface area contributed by atoms with Crippen molar-refractivity contribution >= 4 is 17.8 Å². The molecule has 124 valence electrons. The van der Waals surface area contributed by atoms with Gasteiger partial charge in [-0.2, -0.15) is 0 Å². The van der Waals surface area contributed by atoms with Crippen LogP contribution in [0.4, 0.5) is 4.79 Å². The van der Waals surface area contributed by atoms with Gasteiger partial charge < -0.3 is 10.6 Å². The standard InChI is InChI=1S/C17H23N3O3/c1-16(2,3)11-6-8-12(9-7-11)17(4)14(22)20(15(23)19-17)10-13(21)18-5/h6-9H,10H2,1-5H3,(H,18,21)(H,19,23)/t17-/m1/s1. The van der Waals surface area contributed by atoms with Crippen LogP contribution in [-0.2, 0) is 20.5 Å². The summed E-state index contributed by atoms with van der Waals surface area (Å²) in [5.74, 6) is -0.810. The molecule has 2 rings (SSSR count). The van der Waals surface area contributed by atoms with Crippen molar-refractivity contribution < 1.29 is 14.4 Å². The van der Waals surface area contributed by atoms with E-state index in [1.807, 2.05) is 24.3 Å². The van der Waals surface area contributed by atoms with E-state index in [-0.39, 0.29) is 17.9 Å². The molecule has 0 saturated carbocycles. The Morgan fingerprint density at radius 2 is 1.78 bits per heavy atom. The molecule has 2 N–H and O–H groups in total. The number of nitrogens with zero attached hydrogens (tertiary/aromatic N) is 1. The summed E-state index contributed by atoms with van der Waals surface area (Å²) < 4.78 is 0. The van der Waals surface area contributed by atoms with Crippen LogP contribution >= 0.6 is 0 Å². The van der Waals surface area contributed by atoms with Crippen LogP contribution in [0.3, 0.4) is 0 Å². The fourth-order valence-electron chi connectivity index (χ4n) is 2.56. The lowest BCUT2D eigenvalue weighted by atomic mass is 9.84. The minimum atomic E-state index is -1.15. The molecule has 0 aromatic heterocycles. The Labute approximate surface area is 136 Å². The maximum Gasteiger partial charge on any atom is 0.325 e. The molecule has 1 aromatic carbocycles. The van der Waals surface area contributed by atoms with Gasteiger partial charge in [-0.05, 0) is 23.5 Å². The normalized spacial score (nSPS) is 21.3. The largest absolute Gasteiger partial charge is 0.358 e. The average Bonchev–Trinajstić information content (AvgIpc) is 2.71. The van der Waals surface area contributed by atoms with E-state index in [4.69, 9.17) is 0 Å². The molecule has 0 bridgehead atoms. The van der Waals surface area contributed by atoms with Gasteiger partial charge >= 0.3 is 6.03 Å². The van der Waals surface area contributed by atoms with Crippen LogP contribution < -0.4 is 10.6 Å². The Kier molecular flexibility index (Phi) is 4.20. The lowest BCUT2D eigenvalue weighted by Gasteiger charge is -2.24. The summed E-state index contributed by atoms with van der Waals surface area (Å²) in [7, 11) is 1.46. The number of benzene rings is 1. The maximum absolute atomic E-state index is 12.6. The number of likely N-dealkylation sites (N-methyl/N-ethyl adjacent to an activating group) is 1. The van der Waals surface area contributed by atoms with Gasteiger partial charge in [-0.1, -0.05) is 45.0 Å². The van der Waals surface area contributed by atoms with E-state index in [2.05, 4.69) is 31.4 Å². The van der Waals surface area contributed by atoms with Gasteiger partial charge in [-0.25, -0.2) is 4.79 Å². The fraction of sp³-hybridized carbons (Fsp3) is 0.471. The highest BCUT2D eigenvalue weighted by atomic mass is 16.2. The van der Waals surface area contributed by atoms with Gasteiger partial charge in [0, 0.05) is 7.05 Å². The van der Waals surface area contributed by atoms with Crippen LogP contribution in [-0.4, -0.2) is 36.3 Å². The van der Waals surface area contributed by atoms with Crippen molar-refractivity contribution in [3.63, 3.8) is 0 Å². The molecule has 6 nitrogen and oxygen atoms in total. The van der Waals surface area contributed by atoms with Gasteiger partial charge in [-0.3, -0.25) is 14.5 Å². The molecule has 1 aliphatic rings. The number of hydrogen-bond donors (Lipinski definition) is 2. The summed E-state index contributed by atoms with van der Waals surface area (Å²) in [6.07, 6.45) is 0. The van der Waals surface area contributed by atoms with Gasteiger partial charge in [0.25, 0.3) is 5.91 Å². The number of amides is 4. The second-order valence-electron chi connectivity index (χ2n) is 6.95. The number of urea groups is 1. The molecule has 1 saturated heterocycles. The first-order valence-electron chi connectivity index (χ1n) is 7.55. The molecule has 1 fully saturated rings. The quantitative estimate of drug-likeness (QED) is 0.829. The summed E-state index contributed by atoms with van der Waals surface area (Å²) in [6, 6.07) is 7.06. The van der Waals surface area contributed by atoms with Crippen LogP contribution in [0.5, 0.6) is 0 Å². The number of carbonyl (C=O) groups is 3. The van der Waals surface area contributed by atoms with Gasteiger partial charge in [0.2, 0.25) is 5.91 Å². The van der Waals surface area contributed by atoms with E-state index < -0.39 is 17.5 Å². The molecule has 1 atom stereocenters. The topological polar surface area (TPSA) is 78.5 Å². The summed E-state index contributed by atoms with van der Waals surface area (Å²) in [5.41, 5.74) is 0.696. The highest BCUT2D eigenvalue weighted by molar-refractivity contribution is 6.09. The van der Waals surface area contributed by atoms with E-state index in [0.717, 1.165) is 10.5 Å². The Morgan fingerprint density at radius 1 is 1.22 bits per heavy atom. The van der Waals surface area contributed by atoms with Crippen molar-refractivity contribution in [3.8, 4) is 0 Å². The average molecular weight is 317 g/mol. The zero-order valence-corrected chi connectivity index (χ0v) is 14.2. The van der Waals surface area contributed by atoms with E-state index in [0.29, 0.717) is 5.56 Å². The van der Waals surface area contributed by atoms with Crippen LogP contribution in [0.1, 0.15) is 38.8 Å². The summed E-state index contributed by atoms with van der Waals surface area (Å²) >= 11 is 0. The zero-order valence-electron chi connectivity index (χ0n) is 14.2. The summed E-state index contributed by atoms with van der Waals surface area (Å²) in [6.45, 7) is 7.70. The number of nitrogens with one attached hydrogen (secondary N) is 2. The lowest BCUT2D eigenvalue weighted by Crippen LogP contribution is -2.42. The van der Waals surface area contributed by atoms with Crippen molar-refractivity contribution in [2.24, 2.45) is 0 Å². The Morgan fingerprint density at radius 3 is 2.26 bits per heavy atom. The van der Waals surface area contributed by atoms with Gasteiger partial charge in [-0.15, -0.1) is 0 Å². The van der Waals surface area contributed by atoms with E-state index >= 15 is 0 Å². The monoisotopic (exact) mass is 317 g/mol. The van der Waals surface area contributed by atoms with Crippen molar-refractivity contribution in [2.45, 2.75) is 38.6 Å². The lowest BCUT2D eigenvalue weighted by molar-refractivity contribution is -0.134. The first-order valence-corrected chi connectivity index (χ1v) is 7.55. The van der Waals surface area contributed by atoms with Crippen LogP contribution in [0.2, 0.25) is 0 Å². The van der Waals surface area contributed by atoms with Crippen molar-refractivity contribution in [1.29, 1.82) is 0 Å². The summed E-state index contributed by atoms with van der Waals surface area (Å²) in [5, 5.41) is 5.10. The maximum atomic E-state index is 12.6. The Hall–Kier alpha value is -2.37. The number of imide groups is 1. The first kappa shape index (κ1) is 17.0. The van der Waals surface area contributed by atoms with Gasteiger partial charge in [0.1, 0.15) is 12.1 Å². The molecule has 0 aliphatic carbocycles. The summed E-state index contributed by atoms with van der Waals surface area (Å²) in [4.78, 5) is 37.1. The molecular formula is C17H23N3O3. The zero-order chi connectivity index (χ0) is 17.4. The minimum Gasteiger partial charge on any atom is -0.358 e. The third kappa shape index (κ3) is 3.06. The fourth-order valence-corrected chi connectivity index (χ4v) is 2.56. The number of rotatable bonds is 3. The van der Waals surface area contributed by atoms with Crippen molar-refractivity contribution in [3.05, 3.63) is 35.4 Å². The molecule has 1 aliphatic heterocycles. The Bertz CT molecular complexity index is 646. The molecule has 1 heterocycles. The van der Waals surface area contributed by atoms with Crippen molar-refractivity contribution in [2.75, 3.05) is 13.6 Å². The third-order valence-electron chi connectivity index (χ3n) is 4.18. The SMILES string of the molecule is CNC(=O)CN1C(=O)N[C@](C)(c2ccc(C(C)(C)C)cc2)C1=O. The smallest absolute Gasteiger partial charge is 0.325 e. The predicted molar refractivity (Wildman–Crippen MR) is 86.8 cm³/mol. The van der Waals surface area contributed by atoms with Gasteiger partial charge in [0.05, 0.1) is 0 Å². The van der Waals surface area contributed by atoms with Crippen LogP contribution in [0.15, 0.2) is 24.3 Å². The first-order chi connectivity index (χ1) is 10.6. The minimum absolute atomic E-state index is 0.00756. The van der Waals surface area contributed by atoms with Crippen molar-refractivity contribution in [1.82, 2.24) is 15.5 Å². The van der Waals surface area contributed by atoms with E-state index in [9.17, 15) is 14.4 Å². The molecule has 4 amide bonds. The molecule has 0 radical (unpaired) electrons. The van der Waals surface area contributed by atoms with E-state index in [1.54, 1.807) is 6.92 Å². The van der Waals surface area contributed by atoms with Gasteiger partial charge in [0.15, 0.2) is 0 Å². The molecular weight excluding hydrogens is 294 g/mol. The highest BCUT2D eigenvalue weighted by Gasteiger charge is 2.49. The molecule has 0 spiro atoms. The van der Waals surface area contributed by atoms with Crippen LogP contribution in [0.25, 0.3) is 0 Å². The molecule has 23 heavy (non-hydrogen) atoms. The molecule has 1 aromatic rings. The number of carbonyl (C=O) groups excluding carboxylic acids is 3. The highest BCUT2D eigenvalue weighted by Crippen LogP contribution is 2.30. The Balaban J connectivity index is 2.30. The number of hydrogen-bond acceptors (Lipinski definition) is 3. The second kappa shape index (κ2) is 5.68. The van der Waals surface area contributed by atoms with E-state index in [1.165, 1.54) is 7.05 Å². The second-order valence-corrected chi connectivity index (χ2v) is 6.95. The molecule has 6 heteroatoms.